The van der Waals surface area contributed by atoms with Crippen LogP contribution in [0.15, 0.2) is 72.2 Å². The summed E-state index contributed by atoms with van der Waals surface area (Å²) in [6.07, 6.45) is 1.70. The summed E-state index contributed by atoms with van der Waals surface area (Å²) in [4.78, 5) is 33.4. The minimum absolute atomic E-state index is 0.350. The molecule has 2 aromatic carbocycles. The maximum absolute atomic E-state index is 12.1. The number of rotatable bonds is 5. The smallest absolute Gasteiger partial charge is 0.348 e. The van der Waals surface area contributed by atoms with Crippen LogP contribution < -0.4 is 5.32 Å². The second kappa shape index (κ2) is 7.98. The van der Waals surface area contributed by atoms with Gasteiger partial charge in [0.05, 0.1) is 22.9 Å². The Kier molecular flexibility index (Phi) is 5.07. The van der Waals surface area contributed by atoms with E-state index in [1.807, 2.05) is 36.4 Å². The van der Waals surface area contributed by atoms with E-state index in [-0.39, 0.29) is 6.61 Å². The van der Waals surface area contributed by atoms with Gasteiger partial charge in [0.2, 0.25) is 0 Å². The lowest BCUT2D eigenvalue weighted by molar-refractivity contribution is -0.119. The van der Waals surface area contributed by atoms with E-state index in [0.717, 1.165) is 16.6 Å². The van der Waals surface area contributed by atoms with Crippen LogP contribution in [0.1, 0.15) is 9.67 Å². The van der Waals surface area contributed by atoms with Gasteiger partial charge in [-0.2, -0.15) is 0 Å². The molecule has 2 aromatic heterocycles. The Morgan fingerprint density at radius 1 is 1.00 bits per heavy atom. The van der Waals surface area contributed by atoms with E-state index in [1.54, 1.807) is 35.8 Å². The van der Waals surface area contributed by atoms with Gasteiger partial charge in [-0.15, -0.1) is 11.3 Å². The highest BCUT2D eigenvalue weighted by molar-refractivity contribution is 7.11. The molecule has 1 N–H and O–H groups in total. The fourth-order valence-electron chi connectivity index (χ4n) is 2.65. The van der Waals surface area contributed by atoms with Crippen molar-refractivity contribution in [2.24, 2.45) is 0 Å². The molecule has 2 heterocycles. The molecule has 0 aliphatic carbocycles. The number of nitrogens with zero attached hydrogens (tertiary/aromatic N) is 2. The largest absolute Gasteiger partial charge is 0.451 e. The maximum Gasteiger partial charge on any atom is 0.348 e. The maximum atomic E-state index is 12.1. The number of hydrogen-bond donors (Lipinski definition) is 1. The molecule has 0 radical (unpaired) electrons. The molecule has 1 amide bonds. The van der Waals surface area contributed by atoms with Gasteiger partial charge in [-0.25, -0.2) is 9.78 Å². The molecule has 138 valence electrons. The average molecular weight is 389 g/mol. The molecule has 0 atom stereocenters. The molecule has 4 rings (SSSR count). The van der Waals surface area contributed by atoms with E-state index in [0.29, 0.717) is 16.3 Å². The minimum Gasteiger partial charge on any atom is -0.451 e. The fourth-order valence-corrected chi connectivity index (χ4v) is 3.26. The van der Waals surface area contributed by atoms with Crippen LogP contribution in [0.5, 0.6) is 0 Å². The molecule has 0 saturated heterocycles. The zero-order valence-corrected chi connectivity index (χ0v) is 15.5. The number of hydrogen-bond acceptors (Lipinski definition) is 6. The third-order valence-corrected chi connectivity index (χ3v) is 4.80. The number of anilines is 1. The molecule has 0 aliphatic rings. The molecule has 28 heavy (non-hydrogen) atoms. The van der Waals surface area contributed by atoms with Crippen molar-refractivity contribution in [3.63, 3.8) is 0 Å². The van der Waals surface area contributed by atoms with Gasteiger partial charge < -0.3 is 10.1 Å². The predicted molar refractivity (Wildman–Crippen MR) is 108 cm³/mol. The molecule has 0 aliphatic heterocycles. The van der Waals surface area contributed by atoms with E-state index in [4.69, 9.17) is 4.74 Å². The van der Waals surface area contributed by atoms with Gasteiger partial charge in [0.15, 0.2) is 6.61 Å². The van der Waals surface area contributed by atoms with Crippen molar-refractivity contribution in [2.45, 2.75) is 0 Å². The predicted octanol–water partition coefficient (Wildman–Crippen LogP) is 4.15. The second-order valence-corrected chi connectivity index (χ2v) is 6.87. The van der Waals surface area contributed by atoms with Gasteiger partial charge in [-0.1, -0.05) is 30.3 Å². The number of aromatic nitrogens is 2. The van der Waals surface area contributed by atoms with Crippen LogP contribution in [0, 0.1) is 0 Å². The van der Waals surface area contributed by atoms with E-state index in [1.165, 1.54) is 11.3 Å². The molecule has 0 fully saturated rings. The number of ether oxygens (including phenoxy) is 1. The monoisotopic (exact) mass is 389 g/mol. The van der Waals surface area contributed by atoms with Crippen molar-refractivity contribution in [3.05, 3.63) is 77.1 Å². The Labute approximate surface area is 164 Å². The topological polar surface area (TPSA) is 81.2 Å². The van der Waals surface area contributed by atoms with E-state index in [9.17, 15) is 9.59 Å². The highest BCUT2D eigenvalue weighted by atomic mass is 32.1. The Morgan fingerprint density at radius 2 is 1.86 bits per heavy atom. The lowest BCUT2D eigenvalue weighted by atomic mass is 10.1. The van der Waals surface area contributed by atoms with Crippen LogP contribution in [-0.2, 0) is 9.53 Å². The average Bonchev–Trinajstić information content (AvgIpc) is 3.27. The molecule has 0 saturated carbocycles. The van der Waals surface area contributed by atoms with Crippen molar-refractivity contribution in [1.29, 1.82) is 0 Å². The summed E-state index contributed by atoms with van der Waals surface area (Å²) in [6.45, 7) is -0.350. The second-order valence-electron chi connectivity index (χ2n) is 5.93. The number of esters is 1. The molecule has 4 aromatic rings. The Hall–Kier alpha value is -3.58. The van der Waals surface area contributed by atoms with Crippen LogP contribution in [0.2, 0.25) is 0 Å². The van der Waals surface area contributed by atoms with Crippen LogP contribution in [0.3, 0.4) is 0 Å². The lowest BCUT2D eigenvalue weighted by Crippen LogP contribution is -2.20. The van der Waals surface area contributed by atoms with Crippen molar-refractivity contribution < 1.29 is 14.3 Å². The summed E-state index contributed by atoms with van der Waals surface area (Å²) in [6, 6.07) is 18.3. The summed E-state index contributed by atoms with van der Waals surface area (Å²) in [5.41, 5.74) is 3.74. The highest BCUT2D eigenvalue weighted by Gasteiger charge is 2.11. The van der Waals surface area contributed by atoms with E-state index in [2.05, 4.69) is 15.3 Å². The standard InChI is InChI=1S/C21H15N3O3S/c25-20(13-27-21(26)19-9-4-10-28-19)23-15-6-3-5-14(11-15)18-12-22-16-7-1-2-8-17(16)24-18/h1-12H,13H2,(H,23,25). The first-order valence-electron chi connectivity index (χ1n) is 8.52. The van der Waals surface area contributed by atoms with Crippen LogP contribution >= 0.6 is 11.3 Å². The number of para-hydroxylation sites is 2. The third-order valence-electron chi connectivity index (χ3n) is 3.95. The summed E-state index contributed by atoms with van der Waals surface area (Å²) in [5, 5.41) is 4.50. The number of amides is 1. The van der Waals surface area contributed by atoms with Crippen LogP contribution in [0.4, 0.5) is 5.69 Å². The van der Waals surface area contributed by atoms with Crippen molar-refractivity contribution >= 4 is 39.9 Å². The molecule has 0 bridgehead atoms. The first-order chi connectivity index (χ1) is 13.7. The minimum atomic E-state index is -0.509. The molecule has 0 spiro atoms. The Balaban J connectivity index is 1.44. The SMILES string of the molecule is O=C(COC(=O)c1cccs1)Nc1cccc(-c2cnc3ccccc3n2)c1. The molecular formula is C21H15N3O3S. The molecular weight excluding hydrogens is 374 g/mol. The highest BCUT2D eigenvalue weighted by Crippen LogP contribution is 2.22. The first kappa shape index (κ1) is 17.8. The number of carbonyl (C=O) groups excluding carboxylic acids is 2. The zero-order valence-electron chi connectivity index (χ0n) is 14.7. The summed E-state index contributed by atoms with van der Waals surface area (Å²) >= 11 is 1.27. The molecule has 6 nitrogen and oxygen atoms in total. The lowest BCUT2D eigenvalue weighted by Gasteiger charge is -2.08. The first-order valence-corrected chi connectivity index (χ1v) is 9.40. The van der Waals surface area contributed by atoms with Crippen LogP contribution in [-0.4, -0.2) is 28.5 Å². The fraction of sp³-hybridized carbons (Fsp3) is 0.0476. The van der Waals surface area contributed by atoms with Crippen molar-refractivity contribution in [1.82, 2.24) is 9.97 Å². The summed E-state index contributed by atoms with van der Waals surface area (Å²) < 4.78 is 5.02. The Morgan fingerprint density at radius 3 is 2.68 bits per heavy atom. The summed E-state index contributed by atoms with van der Waals surface area (Å²) in [5.74, 6) is -0.919. The summed E-state index contributed by atoms with van der Waals surface area (Å²) in [7, 11) is 0. The van der Waals surface area contributed by atoms with Crippen LogP contribution in [0.25, 0.3) is 22.3 Å². The number of fused-ring (bicyclic) bond motifs is 1. The number of benzene rings is 2. The van der Waals surface area contributed by atoms with Crippen molar-refractivity contribution in [3.8, 4) is 11.3 Å². The van der Waals surface area contributed by atoms with Crippen molar-refractivity contribution in [2.75, 3.05) is 11.9 Å². The number of carbonyl (C=O) groups is 2. The van der Waals surface area contributed by atoms with Gasteiger partial charge in [0.1, 0.15) is 4.88 Å². The molecule has 7 heteroatoms. The van der Waals surface area contributed by atoms with Gasteiger partial charge in [-0.3, -0.25) is 9.78 Å². The van der Waals surface area contributed by atoms with Gasteiger partial charge >= 0.3 is 5.97 Å². The van der Waals surface area contributed by atoms with Gasteiger partial charge in [0, 0.05) is 11.3 Å². The normalized spacial score (nSPS) is 10.6. The quantitative estimate of drug-likeness (QED) is 0.519. The molecule has 0 unspecified atom stereocenters. The third kappa shape index (κ3) is 4.05. The number of nitrogens with one attached hydrogen (secondary N) is 1. The van der Waals surface area contributed by atoms with E-state index >= 15 is 0 Å². The van der Waals surface area contributed by atoms with Gasteiger partial charge in [0.25, 0.3) is 5.91 Å². The zero-order chi connectivity index (χ0) is 19.3. The van der Waals surface area contributed by atoms with Gasteiger partial charge in [-0.05, 0) is 35.7 Å². The van der Waals surface area contributed by atoms with E-state index < -0.39 is 11.9 Å². The Bertz CT molecular complexity index is 1140. The number of thiophene rings is 1.